The maximum Gasteiger partial charge on any atom is 0.306 e. The number of carboxylic acid groups (broad SMARTS) is 1. The van der Waals surface area contributed by atoms with Crippen LogP contribution in [0.3, 0.4) is 0 Å². The molecule has 1 amide bonds. The SMILES string of the molecule is O=C(O)C1CCN(C(=O)COc2ccccc2OCc2ccccc2)CC1. The number of aliphatic carboxylic acids is 1. The van der Waals surface area contributed by atoms with Crippen LogP contribution in [0.5, 0.6) is 11.5 Å². The normalized spacial score (nSPS) is 14.6. The average Bonchev–Trinajstić information content (AvgIpc) is 2.72. The van der Waals surface area contributed by atoms with Gasteiger partial charge in [-0.15, -0.1) is 0 Å². The topological polar surface area (TPSA) is 76.1 Å². The van der Waals surface area contributed by atoms with Crippen LogP contribution in [0.2, 0.25) is 0 Å². The van der Waals surface area contributed by atoms with Crippen LogP contribution in [-0.2, 0) is 16.2 Å². The molecule has 0 spiro atoms. The van der Waals surface area contributed by atoms with Crippen LogP contribution in [0.4, 0.5) is 0 Å². The Bertz CT molecular complexity index is 769. The summed E-state index contributed by atoms with van der Waals surface area (Å²) in [6.07, 6.45) is 0.968. The number of piperidine rings is 1. The molecular formula is C21H23NO5. The van der Waals surface area contributed by atoms with E-state index in [-0.39, 0.29) is 18.4 Å². The number of benzene rings is 2. The van der Waals surface area contributed by atoms with Gasteiger partial charge in [0.1, 0.15) is 6.61 Å². The molecule has 1 aliphatic heterocycles. The van der Waals surface area contributed by atoms with Gasteiger partial charge < -0.3 is 19.5 Å². The van der Waals surface area contributed by atoms with Crippen LogP contribution >= 0.6 is 0 Å². The van der Waals surface area contributed by atoms with Crippen LogP contribution in [0, 0.1) is 5.92 Å². The smallest absolute Gasteiger partial charge is 0.306 e. The number of hydrogen-bond acceptors (Lipinski definition) is 4. The van der Waals surface area contributed by atoms with Crippen LogP contribution in [0.25, 0.3) is 0 Å². The van der Waals surface area contributed by atoms with E-state index in [9.17, 15) is 9.59 Å². The van der Waals surface area contributed by atoms with Crippen molar-refractivity contribution in [3.05, 3.63) is 60.2 Å². The highest BCUT2D eigenvalue weighted by Gasteiger charge is 2.27. The number of rotatable bonds is 7. The predicted molar refractivity (Wildman–Crippen MR) is 99.7 cm³/mol. The third-order valence-electron chi connectivity index (χ3n) is 4.63. The van der Waals surface area contributed by atoms with Crippen molar-refractivity contribution in [1.82, 2.24) is 4.90 Å². The molecule has 0 atom stereocenters. The van der Waals surface area contributed by atoms with Crippen LogP contribution < -0.4 is 9.47 Å². The molecule has 0 radical (unpaired) electrons. The van der Waals surface area contributed by atoms with Crippen molar-refractivity contribution in [3.8, 4) is 11.5 Å². The number of carbonyl (C=O) groups excluding carboxylic acids is 1. The summed E-state index contributed by atoms with van der Waals surface area (Å²) in [5.41, 5.74) is 1.05. The fourth-order valence-corrected chi connectivity index (χ4v) is 3.03. The molecule has 27 heavy (non-hydrogen) atoms. The highest BCUT2D eigenvalue weighted by Crippen LogP contribution is 2.27. The van der Waals surface area contributed by atoms with E-state index in [1.54, 1.807) is 17.0 Å². The predicted octanol–water partition coefficient (Wildman–Crippen LogP) is 2.97. The second-order valence-electron chi connectivity index (χ2n) is 6.50. The second kappa shape index (κ2) is 9.07. The molecule has 0 aliphatic carbocycles. The van der Waals surface area contributed by atoms with Gasteiger partial charge in [0.15, 0.2) is 18.1 Å². The first-order valence-electron chi connectivity index (χ1n) is 9.02. The highest BCUT2D eigenvalue weighted by atomic mass is 16.5. The fraction of sp³-hybridized carbons (Fsp3) is 0.333. The maximum atomic E-state index is 12.4. The molecule has 0 saturated carbocycles. The number of ether oxygens (including phenoxy) is 2. The Morgan fingerprint density at radius 1 is 0.926 bits per heavy atom. The van der Waals surface area contributed by atoms with Gasteiger partial charge in [-0.25, -0.2) is 0 Å². The van der Waals surface area contributed by atoms with Crippen LogP contribution in [0.1, 0.15) is 18.4 Å². The van der Waals surface area contributed by atoms with Gasteiger partial charge in [-0.3, -0.25) is 9.59 Å². The summed E-state index contributed by atoms with van der Waals surface area (Å²) in [7, 11) is 0. The minimum Gasteiger partial charge on any atom is -0.485 e. The van der Waals surface area contributed by atoms with Crippen molar-refractivity contribution in [2.24, 2.45) is 5.92 Å². The fourth-order valence-electron chi connectivity index (χ4n) is 3.03. The molecule has 0 unspecified atom stereocenters. The summed E-state index contributed by atoms with van der Waals surface area (Å²) in [6, 6.07) is 17.1. The van der Waals surface area contributed by atoms with Crippen molar-refractivity contribution in [1.29, 1.82) is 0 Å². The zero-order valence-corrected chi connectivity index (χ0v) is 15.0. The average molecular weight is 369 g/mol. The molecule has 2 aromatic carbocycles. The summed E-state index contributed by atoms with van der Waals surface area (Å²) in [6.45, 7) is 1.22. The number of amides is 1. The number of nitrogens with zero attached hydrogens (tertiary/aromatic N) is 1. The quantitative estimate of drug-likeness (QED) is 0.812. The first kappa shape index (κ1) is 18.8. The summed E-state index contributed by atoms with van der Waals surface area (Å²) >= 11 is 0. The minimum absolute atomic E-state index is 0.0938. The molecule has 1 saturated heterocycles. The second-order valence-corrected chi connectivity index (χ2v) is 6.50. The van der Waals surface area contributed by atoms with E-state index in [0.717, 1.165) is 5.56 Å². The number of carboxylic acids is 1. The van der Waals surface area contributed by atoms with Crippen LogP contribution in [-0.4, -0.2) is 41.6 Å². The first-order chi connectivity index (χ1) is 13.1. The molecule has 6 heteroatoms. The Morgan fingerprint density at radius 2 is 1.52 bits per heavy atom. The van der Waals surface area contributed by atoms with Gasteiger partial charge in [0.2, 0.25) is 0 Å². The molecule has 0 aromatic heterocycles. The number of hydrogen-bond donors (Lipinski definition) is 1. The van der Waals surface area contributed by atoms with E-state index in [2.05, 4.69) is 0 Å². The van der Waals surface area contributed by atoms with Crippen molar-refractivity contribution in [3.63, 3.8) is 0 Å². The van der Waals surface area contributed by atoms with E-state index >= 15 is 0 Å². The molecule has 3 rings (SSSR count). The molecular weight excluding hydrogens is 346 g/mol. The molecule has 1 N–H and O–H groups in total. The van der Waals surface area contributed by atoms with Crippen molar-refractivity contribution < 1.29 is 24.2 Å². The lowest BCUT2D eigenvalue weighted by Crippen LogP contribution is -2.42. The van der Waals surface area contributed by atoms with Gasteiger partial charge in [-0.05, 0) is 30.5 Å². The van der Waals surface area contributed by atoms with E-state index in [1.165, 1.54) is 0 Å². The Labute approximate surface area is 158 Å². The summed E-state index contributed by atoms with van der Waals surface area (Å²) in [5, 5.41) is 9.04. The van der Waals surface area contributed by atoms with Gasteiger partial charge in [0.25, 0.3) is 5.91 Å². The lowest BCUT2D eigenvalue weighted by molar-refractivity contribution is -0.146. The van der Waals surface area contributed by atoms with Crippen molar-refractivity contribution in [2.75, 3.05) is 19.7 Å². The molecule has 1 heterocycles. The monoisotopic (exact) mass is 369 g/mol. The third-order valence-corrected chi connectivity index (χ3v) is 4.63. The summed E-state index contributed by atoms with van der Waals surface area (Å²) < 4.78 is 11.5. The lowest BCUT2D eigenvalue weighted by atomic mass is 9.97. The number of para-hydroxylation sites is 2. The lowest BCUT2D eigenvalue weighted by Gasteiger charge is -2.30. The molecule has 6 nitrogen and oxygen atoms in total. The largest absolute Gasteiger partial charge is 0.485 e. The van der Waals surface area contributed by atoms with Gasteiger partial charge in [0.05, 0.1) is 5.92 Å². The zero-order valence-electron chi connectivity index (χ0n) is 15.0. The van der Waals surface area contributed by atoms with Crippen LogP contribution in [0.15, 0.2) is 54.6 Å². The van der Waals surface area contributed by atoms with Gasteiger partial charge in [-0.2, -0.15) is 0 Å². The zero-order chi connectivity index (χ0) is 19.1. The molecule has 142 valence electrons. The summed E-state index contributed by atoms with van der Waals surface area (Å²) in [4.78, 5) is 25.0. The van der Waals surface area contributed by atoms with Gasteiger partial charge in [-0.1, -0.05) is 42.5 Å². The minimum atomic E-state index is -0.789. The Balaban J connectivity index is 1.52. The summed E-state index contributed by atoms with van der Waals surface area (Å²) in [5.74, 6) is -0.192. The van der Waals surface area contributed by atoms with Gasteiger partial charge >= 0.3 is 5.97 Å². The molecule has 1 aliphatic rings. The number of likely N-dealkylation sites (tertiary alicyclic amines) is 1. The van der Waals surface area contributed by atoms with Gasteiger partial charge in [0, 0.05) is 13.1 Å². The van der Waals surface area contributed by atoms with E-state index in [1.807, 2.05) is 42.5 Å². The maximum absolute atomic E-state index is 12.4. The third kappa shape index (κ3) is 5.23. The van der Waals surface area contributed by atoms with E-state index < -0.39 is 5.97 Å². The van der Waals surface area contributed by atoms with Crippen molar-refractivity contribution in [2.45, 2.75) is 19.4 Å². The van der Waals surface area contributed by atoms with E-state index in [0.29, 0.717) is 44.0 Å². The molecule has 1 fully saturated rings. The number of carbonyl (C=O) groups is 2. The highest BCUT2D eigenvalue weighted by molar-refractivity contribution is 5.78. The Kier molecular flexibility index (Phi) is 6.30. The molecule has 2 aromatic rings. The van der Waals surface area contributed by atoms with E-state index in [4.69, 9.17) is 14.6 Å². The first-order valence-corrected chi connectivity index (χ1v) is 9.02. The van der Waals surface area contributed by atoms with Crippen molar-refractivity contribution >= 4 is 11.9 Å². The standard InChI is InChI=1S/C21H23NO5/c23-20(22-12-10-17(11-13-22)21(24)25)15-27-19-9-5-4-8-18(19)26-14-16-6-2-1-3-7-16/h1-9,17H,10-15H2,(H,24,25). The Morgan fingerprint density at radius 3 is 2.15 bits per heavy atom. The molecule has 0 bridgehead atoms. The Hall–Kier alpha value is -3.02.